The highest BCUT2D eigenvalue weighted by Gasteiger charge is 2.07. The molecule has 0 heterocycles. The van der Waals surface area contributed by atoms with E-state index in [2.05, 4.69) is 42.2 Å². The molecule has 3 heteroatoms. The number of hydrogen-bond donors (Lipinski definition) is 0. The molecule has 0 N–H and O–H groups in total. The van der Waals surface area contributed by atoms with Crippen molar-refractivity contribution >= 4 is 5.57 Å². The summed E-state index contributed by atoms with van der Waals surface area (Å²) in [7, 11) is 5.76. The van der Waals surface area contributed by atoms with Crippen LogP contribution in [0.4, 0.5) is 0 Å². The van der Waals surface area contributed by atoms with Crippen molar-refractivity contribution in [3.05, 3.63) is 71.5 Å². The van der Waals surface area contributed by atoms with Gasteiger partial charge in [-0.2, -0.15) is 0 Å². The van der Waals surface area contributed by atoms with Gasteiger partial charge in [0, 0.05) is 12.1 Å². The SMILES string of the molecule is COc1cccc(/C(=C\OCCN(C)C)c2ccc(C)cc2)c1. The van der Waals surface area contributed by atoms with Gasteiger partial charge in [-0.15, -0.1) is 0 Å². The zero-order valence-electron chi connectivity index (χ0n) is 14.4. The summed E-state index contributed by atoms with van der Waals surface area (Å²) in [6.07, 6.45) is 1.85. The van der Waals surface area contributed by atoms with Crippen LogP contribution < -0.4 is 4.74 Å². The number of benzene rings is 2. The van der Waals surface area contributed by atoms with Gasteiger partial charge in [-0.1, -0.05) is 42.0 Å². The van der Waals surface area contributed by atoms with Gasteiger partial charge in [0.05, 0.1) is 20.0 Å². The average molecular weight is 311 g/mol. The Hall–Kier alpha value is -2.26. The van der Waals surface area contributed by atoms with Gasteiger partial charge in [-0.25, -0.2) is 0 Å². The number of methoxy groups -OCH3 is 1. The molecule has 0 aliphatic carbocycles. The minimum absolute atomic E-state index is 0.659. The maximum Gasteiger partial charge on any atom is 0.119 e. The number of likely N-dealkylation sites (N-methyl/N-ethyl adjacent to an activating group) is 1. The van der Waals surface area contributed by atoms with Gasteiger partial charge in [0.15, 0.2) is 0 Å². The van der Waals surface area contributed by atoms with Crippen molar-refractivity contribution in [1.82, 2.24) is 4.90 Å². The zero-order chi connectivity index (χ0) is 16.7. The van der Waals surface area contributed by atoms with Crippen molar-refractivity contribution in [1.29, 1.82) is 0 Å². The van der Waals surface area contributed by atoms with Gasteiger partial charge in [-0.3, -0.25) is 0 Å². The lowest BCUT2D eigenvalue weighted by molar-refractivity contribution is 0.213. The van der Waals surface area contributed by atoms with Crippen LogP contribution in [0.15, 0.2) is 54.8 Å². The Morgan fingerprint density at radius 3 is 2.43 bits per heavy atom. The van der Waals surface area contributed by atoms with Crippen LogP contribution in [0.1, 0.15) is 16.7 Å². The maximum absolute atomic E-state index is 5.77. The van der Waals surface area contributed by atoms with Crippen molar-refractivity contribution < 1.29 is 9.47 Å². The van der Waals surface area contributed by atoms with E-state index in [1.54, 1.807) is 7.11 Å². The number of ether oxygens (including phenoxy) is 2. The fourth-order valence-corrected chi connectivity index (χ4v) is 2.20. The van der Waals surface area contributed by atoms with Crippen LogP contribution in [0, 0.1) is 6.92 Å². The highest BCUT2D eigenvalue weighted by atomic mass is 16.5. The lowest BCUT2D eigenvalue weighted by Crippen LogP contribution is -2.16. The molecule has 0 aliphatic heterocycles. The van der Waals surface area contributed by atoms with Gasteiger partial charge in [0.1, 0.15) is 5.75 Å². The fraction of sp³-hybridized carbons (Fsp3) is 0.300. The van der Waals surface area contributed by atoms with Crippen molar-refractivity contribution in [2.75, 3.05) is 34.4 Å². The molecule has 0 atom stereocenters. The first-order valence-corrected chi connectivity index (χ1v) is 7.78. The highest BCUT2D eigenvalue weighted by Crippen LogP contribution is 2.26. The lowest BCUT2D eigenvalue weighted by atomic mass is 9.98. The van der Waals surface area contributed by atoms with Gasteiger partial charge in [0.2, 0.25) is 0 Å². The van der Waals surface area contributed by atoms with E-state index < -0.39 is 0 Å². The zero-order valence-corrected chi connectivity index (χ0v) is 14.4. The second-order valence-electron chi connectivity index (χ2n) is 5.80. The predicted molar refractivity (Wildman–Crippen MR) is 95.8 cm³/mol. The molecular weight excluding hydrogens is 286 g/mol. The molecule has 0 saturated heterocycles. The van der Waals surface area contributed by atoms with Crippen LogP contribution in [0.2, 0.25) is 0 Å². The molecule has 0 radical (unpaired) electrons. The molecule has 122 valence electrons. The molecule has 0 fully saturated rings. The first-order valence-electron chi connectivity index (χ1n) is 7.78. The summed E-state index contributed by atoms with van der Waals surface area (Å²) in [5.74, 6) is 0.841. The second-order valence-corrected chi connectivity index (χ2v) is 5.80. The molecule has 0 spiro atoms. The van der Waals surface area contributed by atoms with E-state index in [9.17, 15) is 0 Å². The summed E-state index contributed by atoms with van der Waals surface area (Å²) in [6.45, 7) is 3.63. The van der Waals surface area contributed by atoms with Gasteiger partial charge < -0.3 is 14.4 Å². The molecule has 23 heavy (non-hydrogen) atoms. The number of rotatable bonds is 7. The maximum atomic E-state index is 5.77. The third-order valence-corrected chi connectivity index (χ3v) is 3.60. The summed E-state index contributed by atoms with van der Waals surface area (Å²) in [5, 5.41) is 0. The number of hydrogen-bond acceptors (Lipinski definition) is 3. The van der Waals surface area contributed by atoms with Crippen LogP contribution in [0.5, 0.6) is 5.75 Å². The summed E-state index contributed by atoms with van der Waals surface area (Å²) in [4.78, 5) is 2.10. The summed E-state index contributed by atoms with van der Waals surface area (Å²) >= 11 is 0. The summed E-state index contributed by atoms with van der Waals surface area (Å²) in [5.41, 5.74) is 4.52. The normalized spacial score (nSPS) is 11.6. The van der Waals surface area contributed by atoms with Gasteiger partial charge >= 0.3 is 0 Å². The monoisotopic (exact) mass is 311 g/mol. The van der Waals surface area contributed by atoms with Crippen LogP contribution in [0.25, 0.3) is 5.57 Å². The van der Waals surface area contributed by atoms with Gasteiger partial charge in [0.25, 0.3) is 0 Å². The van der Waals surface area contributed by atoms with E-state index in [0.717, 1.165) is 29.0 Å². The Kier molecular flexibility index (Phi) is 6.24. The van der Waals surface area contributed by atoms with Crippen LogP contribution in [-0.4, -0.2) is 39.3 Å². The molecule has 0 saturated carbocycles. The first-order chi connectivity index (χ1) is 11.1. The molecule has 2 aromatic rings. The third kappa shape index (κ3) is 5.15. The van der Waals surface area contributed by atoms with E-state index in [1.807, 2.05) is 38.6 Å². The van der Waals surface area contributed by atoms with Crippen molar-refractivity contribution in [2.45, 2.75) is 6.92 Å². The van der Waals surface area contributed by atoms with Gasteiger partial charge in [-0.05, 0) is 44.3 Å². The molecule has 0 aliphatic rings. The molecule has 3 nitrogen and oxygen atoms in total. The minimum Gasteiger partial charge on any atom is -0.499 e. The Labute approximate surface area is 139 Å². The molecule has 0 bridgehead atoms. The Morgan fingerprint density at radius 1 is 1.04 bits per heavy atom. The van der Waals surface area contributed by atoms with Crippen LogP contribution in [-0.2, 0) is 4.74 Å². The molecular formula is C20H25NO2. The van der Waals surface area contributed by atoms with E-state index in [0.29, 0.717) is 6.61 Å². The predicted octanol–water partition coefficient (Wildman–Crippen LogP) is 3.97. The summed E-state index contributed by atoms with van der Waals surface area (Å²) < 4.78 is 11.1. The average Bonchev–Trinajstić information content (AvgIpc) is 2.56. The lowest BCUT2D eigenvalue weighted by Gasteiger charge is -2.12. The van der Waals surface area contributed by atoms with E-state index in [4.69, 9.17) is 9.47 Å². The fourth-order valence-electron chi connectivity index (χ4n) is 2.20. The number of nitrogens with zero attached hydrogens (tertiary/aromatic N) is 1. The van der Waals surface area contributed by atoms with E-state index in [-0.39, 0.29) is 0 Å². The highest BCUT2D eigenvalue weighted by molar-refractivity contribution is 5.79. The molecule has 2 aromatic carbocycles. The second kappa shape index (κ2) is 8.39. The Balaban J connectivity index is 2.30. The van der Waals surface area contributed by atoms with Crippen LogP contribution in [0.3, 0.4) is 0 Å². The molecule has 0 unspecified atom stereocenters. The van der Waals surface area contributed by atoms with E-state index in [1.165, 1.54) is 5.56 Å². The Bertz CT molecular complexity index is 645. The first kappa shape index (κ1) is 17.1. The minimum atomic E-state index is 0.659. The standard InChI is InChI=1S/C20H25NO2/c1-16-8-10-17(11-9-16)20(15-23-13-12-21(2)3)18-6-5-7-19(14-18)22-4/h5-11,14-15H,12-13H2,1-4H3/b20-15-. The summed E-state index contributed by atoms with van der Waals surface area (Å²) in [6, 6.07) is 16.5. The quantitative estimate of drug-likeness (QED) is 0.570. The largest absolute Gasteiger partial charge is 0.499 e. The third-order valence-electron chi connectivity index (χ3n) is 3.60. The topological polar surface area (TPSA) is 21.7 Å². The van der Waals surface area contributed by atoms with Crippen molar-refractivity contribution in [3.63, 3.8) is 0 Å². The molecule has 2 rings (SSSR count). The van der Waals surface area contributed by atoms with Crippen molar-refractivity contribution in [3.8, 4) is 5.75 Å². The van der Waals surface area contributed by atoms with Crippen molar-refractivity contribution in [2.24, 2.45) is 0 Å². The Morgan fingerprint density at radius 2 is 1.78 bits per heavy atom. The smallest absolute Gasteiger partial charge is 0.119 e. The molecule has 0 amide bonds. The number of aryl methyl sites for hydroxylation is 1. The van der Waals surface area contributed by atoms with Crippen LogP contribution >= 0.6 is 0 Å². The molecule has 0 aromatic heterocycles. The van der Waals surface area contributed by atoms with E-state index >= 15 is 0 Å².